The van der Waals surface area contributed by atoms with Crippen LogP contribution in [0.1, 0.15) is 44.6 Å². The zero-order valence-corrected chi connectivity index (χ0v) is 23.3. The molecule has 2 aromatic carbocycles. The second kappa shape index (κ2) is 12.7. The first-order chi connectivity index (χ1) is 16.7. The molecule has 0 saturated heterocycles. The molecule has 1 fully saturated rings. The number of benzene rings is 2. The van der Waals surface area contributed by atoms with Gasteiger partial charge < -0.3 is 10.2 Å². The van der Waals surface area contributed by atoms with Crippen LogP contribution in [0.15, 0.2) is 54.6 Å². The van der Waals surface area contributed by atoms with Gasteiger partial charge in [-0.1, -0.05) is 50.1 Å². The molecule has 0 unspecified atom stereocenters. The average Bonchev–Trinajstić information content (AvgIpc) is 3.33. The molecule has 1 aliphatic rings. The lowest BCUT2D eigenvalue weighted by Crippen LogP contribution is -2.54. The molecule has 2 aromatic rings. The summed E-state index contributed by atoms with van der Waals surface area (Å²) >= 11 is 2.15. The summed E-state index contributed by atoms with van der Waals surface area (Å²) in [4.78, 5) is 28.4. The lowest BCUT2D eigenvalue weighted by Gasteiger charge is -2.33. The molecule has 2 amide bonds. The summed E-state index contributed by atoms with van der Waals surface area (Å²) in [6, 6.07) is 16.2. The summed E-state index contributed by atoms with van der Waals surface area (Å²) in [6.45, 7) is 1.85. The summed E-state index contributed by atoms with van der Waals surface area (Å²) in [5, 5.41) is 3.12. The Morgan fingerprint density at radius 2 is 1.69 bits per heavy atom. The molecule has 9 heteroatoms. The molecule has 0 spiro atoms. The van der Waals surface area contributed by atoms with Gasteiger partial charge in [-0.15, -0.1) is 0 Å². The van der Waals surface area contributed by atoms with Gasteiger partial charge in [0.25, 0.3) is 0 Å². The smallest absolute Gasteiger partial charge is 0.244 e. The van der Waals surface area contributed by atoms with E-state index in [1.54, 1.807) is 29.2 Å². The van der Waals surface area contributed by atoms with Crippen LogP contribution >= 0.6 is 22.6 Å². The van der Waals surface area contributed by atoms with Crippen LogP contribution < -0.4 is 9.62 Å². The number of amides is 2. The van der Waals surface area contributed by atoms with Crippen molar-refractivity contribution in [1.29, 1.82) is 0 Å². The van der Waals surface area contributed by atoms with E-state index in [9.17, 15) is 18.0 Å². The van der Waals surface area contributed by atoms with E-state index in [-0.39, 0.29) is 18.5 Å². The summed E-state index contributed by atoms with van der Waals surface area (Å²) in [7, 11) is -3.71. The Bertz CT molecular complexity index is 1090. The van der Waals surface area contributed by atoms with E-state index in [0.717, 1.165) is 45.4 Å². The highest BCUT2D eigenvalue weighted by atomic mass is 127. The van der Waals surface area contributed by atoms with Gasteiger partial charge >= 0.3 is 0 Å². The maximum absolute atomic E-state index is 13.6. The van der Waals surface area contributed by atoms with Gasteiger partial charge in [0.05, 0.1) is 11.9 Å². The SMILES string of the molecule is CC[C@@H](C(=O)NC1CCCC1)N(CCc1ccccc1)C(=O)CN(c1ccc(I)cc1)S(C)(=O)=O. The molecule has 3 rings (SSSR count). The molecule has 1 N–H and O–H groups in total. The number of rotatable bonds is 11. The minimum absolute atomic E-state index is 0.141. The molecule has 0 aromatic heterocycles. The Kier molecular flexibility index (Phi) is 9.97. The topological polar surface area (TPSA) is 86.8 Å². The van der Waals surface area contributed by atoms with Crippen molar-refractivity contribution in [3.05, 3.63) is 63.7 Å². The quantitative estimate of drug-likeness (QED) is 0.390. The largest absolute Gasteiger partial charge is 0.352 e. The second-order valence-electron chi connectivity index (χ2n) is 8.98. The van der Waals surface area contributed by atoms with Crippen LogP contribution in [0.25, 0.3) is 0 Å². The fourth-order valence-electron chi connectivity index (χ4n) is 4.48. The normalized spacial score (nSPS) is 14.9. The van der Waals surface area contributed by atoms with Crippen LogP contribution in [0.2, 0.25) is 0 Å². The highest BCUT2D eigenvalue weighted by Crippen LogP contribution is 2.21. The van der Waals surface area contributed by atoms with Crippen molar-refractivity contribution in [2.75, 3.05) is 23.7 Å². The van der Waals surface area contributed by atoms with Gasteiger partial charge in [0, 0.05) is 16.2 Å². The number of nitrogens with zero attached hydrogens (tertiary/aromatic N) is 2. The van der Waals surface area contributed by atoms with Gasteiger partial charge in [-0.3, -0.25) is 13.9 Å². The first-order valence-electron chi connectivity index (χ1n) is 12.1. The summed E-state index contributed by atoms with van der Waals surface area (Å²) in [5.41, 5.74) is 1.47. The zero-order valence-electron chi connectivity index (χ0n) is 20.3. The Morgan fingerprint density at radius 1 is 1.06 bits per heavy atom. The van der Waals surface area contributed by atoms with Crippen molar-refractivity contribution in [2.45, 2.75) is 57.5 Å². The lowest BCUT2D eigenvalue weighted by molar-refractivity contribution is -0.139. The first kappa shape index (κ1) is 27.4. The molecule has 1 aliphatic carbocycles. The molecule has 1 saturated carbocycles. The maximum Gasteiger partial charge on any atom is 0.244 e. The molecule has 1 atom stereocenters. The molecule has 7 nitrogen and oxygen atoms in total. The van der Waals surface area contributed by atoms with Crippen molar-refractivity contribution in [3.63, 3.8) is 0 Å². The number of carbonyl (C=O) groups excluding carboxylic acids is 2. The van der Waals surface area contributed by atoms with Crippen LogP contribution in [-0.2, 0) is 26.0 Å². The van der Waals surface area contributed by atoms with Gasteiger partial charge in [0.2, 0.25) is 21.8 Å². The molecule has 0 heterocycles. The number of carbonyl (C=O) groups is 2. The molecular weight excluding hydrogens is 577 g/mol. The Balaban J connectivity index is 1.85. The molecule has 35 heavy (non-hydrogen) atoms. The number of sulfonamides is 1. The monoisotopic (exact) mass is 611 g/mol. The van der Waals surface area contributed by atoms with E-state index < -0.39 is 22.0 Å². The second-order valence-corrected chi connectivity index (χ2v) is 12.1. The predicted molar refractivity (Wildman–Crippen MR) is 148 cm³/mol. The van der Waals surface area contributed by atoms with Gasteiger partial charge in [0.1, 0.15) is 12.6 Å². The predicted octanol–water partition coefficient (Wildman–Crippen LogP) is 3.97. The number of anilines is 1. The molecule has 190 valence electrons. The van der Waals surface area contributed by atoms with Crippen molar-refractivity contribution >= 4 is 50.1 Å². The maximum atomic E-state index is 13.6. The number of halogens is 1. The third-order valence-corrected chi connectivity index (χ3v) is 8.23. The Morgan fingerprint density at radius 3 is 2.26 bits per heavy atom. The number of hydrogen-bond acceptors (Lipinski definition) is 4. The van der Waals surface area contributed by atoms with Gasteiger partial charge in [0.15, 0.2) is 0 Å². The Hall–Kier alpha value is -2.14. The highest BCUT2D eigenvalue weighted by Gasteiger charge is 2.32. The van der Waals surface area contributed by atoms with E-state index in [1.165, 1.54) is 0 Å². The van der Waals surface area contributed by atoms with Crippen molar-refractivity contribution in [3.8, 4) is 0 Å². The van der Waals surface area contributed by atoms with Crippen molar-refractivity contribution in [2.24, 2.45) is 0 Å². The number of nitrogens with one attached hydrogen (secondary N) is 1. The molecule has 0 radical (unpaired) electrons. The van der Waals surface area contributed by atoms with Gasteiger partial charge in [-0.25, -0.2) is 8.42 Å². The first-order valence-corrected chi connectivity index (χ1v) is 15.0. The van der Waals surface area contributed by atoms with E-state index >= 15 is 0 Å². The lowest BCUT2D eigenvalue weighted by atomic mass is 10.1. The molecule has 0 bridgehead atoms. The minimum atomic E-state index is -3.71. The van der Waals surface area contributed by atoms with E-state index in [2.05, 4.69) is 27.9 Å². The van der Waals surface area contributed by atoms with Crippen LogP contribution in [0.5, 0.6) is 0 Å². The zero-order chi connectivity index (χ0) is 25.4. The summed E-state index contributed by atoms with van der Waals surface area (Å²) < 4.78 is 27.3. The van der Waals surface area contributed by atoms with Crippen molar-refractivity contribution in [1.82, 2.24) is 10.2 Å². The summed E-state index contributed by atoms with van der Waals surface area (Å²) in [5.74, 6) is -0.556. The average molecular weight is 612 g/mol. The third-order valence-electron chi connectivity index (χ3n) is 6.37. The van der Waals surface area contributed by atoms with E-state index in [0.29, 0.717) is 25.1 Å². The van der Waals surface area contributed by atoms with E-state index in [1.807, 2.05) is 37.3 Å². The van der Waals surface area contributed by atoms with Crippen LogP contribution in [0.3, 0.4) is 0 Å². The summed E-state index contributed by atoms with van der Waals surface area (Å²) in [6.07, 6.45) is 6.21. The molecule has 0 aliphatic heterocycles. The standard InChI is InChI=1S/C26H34IN3O4S/c1-3-24(26(32)28-22-11-7-8-12-22)29(18-17-20-9-5-4-6-10-20)25(31)19-30(35(2,33)34)23-15-13-21(27)14-16-23/h4-6,9-10,13-16,22,24H,3,7-8,11-12,17-19H2,1-2H3,(H,28,32)/t24-/m0/s1. The van der Waals surface area contributed by atoms with E-state index in [4.69, 9.17) is 0 Å². The van der Waals surface area contributed by atoms with Gasteiger partial charge in [-0.05, 0) is 78.1 Å². The van der Waals surface area contributed by atoms with Crippen LogP contribution in [0, 0.1) is 3.57 Å². The minimum Gasteiger partial charge on any atom is -0.352 e. The fourth-order valence-corrected chi connectivity index (χ4v) is 5.69. The highest BCUT2D eigenvalue weighted by molar-refractivity contribution is 14.1. The molecular formula is C26H34IN3O4S. The van der Waals surface area contributed by atoms with Crippen LogP contribution in [0.4, 0.5) is 5.69 Å². The Labute approximate surface area is 222 Å². The van der Waals surface area contributed by atoms with Crippen molar-refractivity contribution < 1.29 is 18.0 Å². The fraction of sp³-hybridized carbons (Fsp3) is 0.462. The number of hydrogen-bond donors (Lipinski definition) is 1. The van der Waals surface area contributed by atoms with Crippen LogP contribution in [-0.4, -0.2) is 56.6 Å². The van der Waals surface area contributed by atoms with Gasteiger partial charge in [-0.2, -0.15) is 0 Å². The third kappa shape index (κ3) is 7.93.